The third kappa shape index (κ3) is 4.21. The highest BCUT2D eigenvalue weighted by atomic mass is 32.2. The fourth-order valence-electron chi connectivity index (χ4n) is 1.84. The van der Waals surface area contributed by atoms with Gasteiger partial charge in [0.05, 0.1) is 0 Å². The van der Waals surface area contributed by atoms with Crippen LogP contribution >= 0.6 is 11.8 Å². The first-order chi connectivity index (χ1) is 10.5. The second-order valence-corrected chi connectivity index (χ2v) is 6.16. The van der Waals surface area contributed by atoms with E-state index < -0.39 is 5.97 Å². The SMILES string of the molecule is CCc1nc(S/C(=C/c2ccc(C(C)C)cc2)C(=O)O)n[nH]1. The molecule has 0 saturated heterocycles. The summed E-state index contributed by atoms with van der Waals surface area (Å²) in [4.78, 5) is 15.8. The van der Waals surface area contributed by atoms with Gasteiger partial charge in [-0.2, -0.15) is 0 Å². The van der Waals surface area contributed by atoms with Gasteiger partial charge in [0.15, 0.2) is 0 Å². The van der Waals surface area contributed by atoms with Crippen molar-refractivity contribution in [3.8, 4) is 0 Å². The molecule has 6 heteroatoms. The molecule has 0 radical (unpaired) electrons. The molecule has 1 aromatic carbocycles. The average molecular weight is 317 g/mol. The molecular weight excluding hydrogens is 298 g/mol. The minimum atomic E-state index is -0.985. The normalized spacial score (nSPS) is 11.9. The maximum absolute atomic E-state index is 11.4. The highest BCUT2D eigenvalue weighted by molar-refractivity contribution is 8.04. The number of hydrogen-bond acceptors (Lipinski definition) is 4. The smallest absolute Gasteiger partial charge is 0.342 e. The maximum atomic E-state index is 11.4. The van der Waals surface area contributed by atoms with Crippen LogP contribution in [-0.2, 0) is 11.2 Å². The Morgan fingerprint density at radius 3 is 2.55 bits per heavy atom. The van der Waals surface area contributed by atoms with E-state index in [1.54, 1.807) is 6.08 Å². The van der Waals surface area contributed by atoms with E-state index in [1.165, 1.54) is 5.56 Å². The Bertz CT molecular complexity index is 675. The summed E-state index contributed by atoms with van der Waals surface area (Å²) in [7, 11) is 0. The van der Waals surface area contributed by atoms with Gasteiger partial charge in [-0.05, 0) is 34.9 Å². The van der Waals surface area contributed by atoms with E-state index in [0.29, 0.717) is 11.1 Å². The van der Waals surface area contributed by atoms with Crippen LogP contribution in [0, 0.1) is 0 Å². The number of thioether (sulfide) groups is 1. The molecule has 0 spiro atoms. The zero-order chi connectivity index (χ0) is 16.1. The number of nitrogens with zero attached hydrogens (tertiary/aromatic N) is 2. The van der Waals surface area contributed by atoms with Gasteiger partial charge < -0.3 is 5.11 Å². The van der Waals surface area contributed by atoms with Crippen molar-refractivity contribution in [2.75, 3.05) is 0 Å². The van der Waals surface area contributed by atoms with Crippen molar-refractivity contribution in [3.05, 3.63) is 46.1 Å². The van der Waals surface area contributed by atoms with E-state index in [2.05, 4.69) is 29.0 Å². The molecule has 0 atom stereocenters. The zero-order valence-corrected chi connectivity index (χ0v) is 13.6. The zero-order valence-electron chi connectivity index (χ0n) is 12.8. The summed E-state index contributed by atoms with van der Waals surface area (Å²) in [6, 6.07) is 7.88. The molecule has 0 aliphatic rings. The van der Waals surface area contributed by atoms with Crippen LogP contribution in [0.5, 0.6) is 0 Å². The minimum absolute atomic E-state index is 0.193. The lowest BCUT2D eigenvalue weighted by Crippen LogP contribution is -1.97. The molecule has 116 valence electrons. The van der Waals surface area contributed by atoms with Crippen molar-refractivity contribution >= 4 is 23.8 Å². The summed E-state index contributed by atoms with van der Waals surface area (Å²) in [5.74, 6) is 0.210. The first-order valence-corrected chi connectivity index (χ1v) is 7.95. The van der Waals surface area contributed by atoms with Crippen LogP contribution in [0.2, 0.25) is 0 Å². The van der Waals surface area contributed by atoms with Crippen molar-refractivity contribution < 1.29 is 9.90 Å². The Morgan fingerprint density at radius 2 is 2.05 bits per heavy atom. The Kier molecular flexibility index (Phi) is 5.38. The van der Waals surface area contributed by atoms with E-state index in [9.17, 15) is 9.90 Å². The predicted octanol–water partition coefficient (Wildman–Crippen LogP) is 3.71. The molecule has 0 unspecified atom stereocenters. The van der Waals surface area contributed by atoms with Crippen LogP contribution in [0.3, 0.4) is 0 Å². The fraction of sp³-hybridized carbons (Fsp3) is 0.312. The standard InChI is InChI=1S/C16H19N3O2S/c1-4-14-17-16(19-18-14)22-13(15(20)21)9-11-5-7-12(8-6-11)10(2)3/h5-10H,4H2,1-3H3,(H,20,21)(H,17,18,19)/b13-9+. The number of aromatic nitrogens is 3. The average Bonchev–Trinajstić information content (AvgIpc) is 2.94. The van der Waals surface area contributed by atoms with Crippen molar-refractivity contribution in [2.24, 2.45) is 0 Å². The van der Waals surface area contributed by atoms with Gasteiger partial charge in [0.2, 0.25) is 5.16 Å². The van der Waals surface area contributed by atoms with Gasteiger partial charge in [0, 0.05) is 6.42 Å². The lowest BCUT2D eigenvalue weighted by atomic mass is 10.0. The van der Waals surface area contributed by atoms with E-state index in [1.807, 2.05) is 31.2 Å². The summed E-state index contributed by atoms with van der Waals surface area (Å²) in [6.07, 6.45) is 2.37. The number of aliphatic carboxylic acids is 1. The van der Waals surface area contributed by atoms with Gasteiger partial charge in [-0.1, -0.05) is 45.0 Å². The molecule has 0 saturated carbocycles. The number of carboxylic acid groups (broad SMARTS) is 1. The number of benzene rings is 1. The van der Waals surface area contributed by atoms with E-state index in [4.69, 9.17) is 0 Å². The van der Waals surface area contributed by atoms with E-state index in [0.717, 1.165) is 29.6 Å². The number of aromatic amines is 1. The van der Waals surface area contributed by atoms with Gasteiger partial charge in [0.1, 0.15) is 10.7 Å². The molecule has 0 fully saturated rings. The lowest BCUT2D eigenvalue weighted by Gasteiger charge is -2.05. The molecule has 0 amide bonds. The van der Waals surface area contributed by atoms with Crippen LogP contribution < -0.4 is 0 Å². The second kappa shape index (κ2) is 7.26. The summed E-state index contributed by atoms with van der Waals surface area (Å²) in [5, 5.41) is 16.6. The third-order valence-corrected chi connectivity index (χ3v) is 4.04. The molecule has 0 aliphatic carbocycles. The number of rotatable bonds is 6. The van der Waals surface area contributed by atoms with Gasteiger partial charge >= 0.3 is 5.97 Å². The quantitative estimate of drug-likeness (QED) is 0.627. The molecule has 2 rings (SSSR count). The van der Waals surface area contributed by atoms with Crippen molar-refractivity contribution in [1.82, 2.24) is 15.2 Å². The van der Waals surface area contributed by atoms with Gasteiger partial charge in [-0.25, -0.2) is 9.78 Å². The van der Waals surface area contributed by atoms with Crippen LogP contribution in [0.4, 0.5) is 0 Å². The number of carbonyl (C=O) groups is 1. The molecule has 2 N–H and O–H groups in total. The Hall–Kier alpha value is -2.08. The number of hydrogen-bond donors (Lipinski definition) is 2. The van der Waals surface area contributed by atoms with Gasteiger partial charge in [0.25, 0.3) is 0 Å². The van der Waals surface area contributed by atoms with Gasteiger partial charge in [-0.15, -0.1) is 5.10 Å². The van der Waals surface area contributed by atoms with E-state index in [-0.39, 0.29) is 4.91 Å². The molecular formula is C16H19N3O2S. The molecule has 0 aliphatic heterocycles. The van der Waals surface area contributed by atoms with Crippen LogP contribution in [0.25, 0.3) is 6.08 Å². The Labute approximate surface area is 133 Å². The first kappa shape index (κ1) is 16.3. The molecule has 5 nitrogen and oxygen atoms in total. The van der Waals surface area contributed by atoms with Crippen molar-refractivity contribution in [2.45, 2.75) is 38.3 Å². The maximum Gasteiger partial charge on any atom is 0.342 e. The first-order valence-electron chi connectivity index (χ1n) is 7.13. The fourth-order valence-corrected chi connectivity index (χ4v) is 2.57. The molecule has 1 heterocycles. The summed E-state index contributed by atoms with van der Waals surface area (Å²) in [6.45, 7) is 6.20. The molecule has 22 heavy (non-hydrogen) atoms. The third-order valence-electron chi connectivity index (χ3n) is 3.16. The number of H-pyrrole nitrogens is 1. The van der Waals surface area contributed by atoms with Crippen molar-refractivity contribution in [1.29, 1.82) is 0 Å². The van der Waals surface area contributed by atoms with Crippen LogP contribution in [0.1, 0.15) is 43.6 Å². The minimum Gasteiger partial charge on any atom is -0.477 e. The lowest BCUT2D eigenvalue weighted by molar-refractivity contribution is -0.131. The molecule has 2 aromatic rings. The van der Waals surface area contributed by atoms with Crippen LogP contribution in [0.15, 0.2) is 34.3 Å². The Balaban J connectivity index is 2.21. The topological polar surface area (TPSA) is 78.9 Å². The monoisotopic (exact) mass is 317 g/mol. The number of carboxylic acids is 1. The summed E-state index contributed by atoms with van der Waals surface area (Å²) < 4.78 is 0. The number of nitrogens with one attached hydrogen (secondary N) is 1. The summed E-state index contributed by atoms with van der Waals surface area (Å²) in [5.41, 5.74) is 2.07. The van der Waals surface area contributed by atoms with Crippen molar-refractivity contribution in [3.63, 3.8) is 0 Å². The highest BCUT2D eigenvalue weighted by Gasteiger charge is 2.13. The highest BCUT2D eigenvalue weighted by Crippen LogP contribution is 2.26. The molecule has 0 bridgehead atoms. The number of aryl methyl sites for hydroxylation is 1. The Morgan fingerprint density at radius 1 is 1.36 bits per heavy atom. The predicted molar refractivity (Wildman–Crippen MR) is 87.8 cm³/mol. The second-order valence-electron chi connectivity index (χ2n) is 5.16. The summed E-state index contributed by atoms with van der Waals surface area (Å²) >= 11 is 1.05. The van der Waals surface area contributed by atoms with Gasteiger partial charge in [-0.3, -0.25) is 5.10 Å². The largest absolute Gasteiger partial charge is 0.477 e. The van der Waals surface area contributed by atoms with Crippen LogP contribution in [-0.4, -0.2) is 26.3 Å². The van der Waals surface area contributed by atoms with E-state index >= 15 is 0 Å². The molecule has 1 aromatic heterocycles.